The van der Waals surface area contributed by atoms with Crippen LogP contribution in [-0.2, 0) is 4.74 Å². The maximum Gasteiger partial charge on any atom is 0.198 e. The summed E-state index contributed by atoms with van der Waals surface area (Å²) in [5, 5.41) is 52.2. The normalized spacial score (nSPS) is 21.7. The van der Waals surface area contributed by atoms with Gasteiger partial charge in [0.2, 0.25) is 0 Å². The third-order valence-electron chi connectivity index (χ3n) is 6.38. The van der Waals surface area contributed by atoms with Crippen molar-refractivity contribution in [3.8, 4) is 23.0 Å². The molecular formula is C24H24O10. The number of ether oxygens (including phenoxy) is 2. The van der Waals surface area contributed by atoms with Crippen molar-refractivity contribution < 1.29 is 49.4 Å². The Kier molecular flexibility index (Phi) is 5.84. The molecule has 1 aliphatic heterocycles. The van der Waals surface area contributed by atoms with E-state index in [1.165, 1.54) is 21.0 Å². The number of aromatic hydroxyl groups is 3. The average Bonchev–Trinajstić information content (AvgIpc) is 2.77. The number of carbonyl (C=O) groups excluding carboxylic acids is 3. The van der Waals surface area contributed by atoms with E-state index in [4.69, 9.17) is 9.47 Å². The molecule has 1 aliphatic carbocycles. The van der Waals surface area contributed by atoms with Gasteiger partial charge in [0, 0.05) is 24.0 Å². The Labute approximate surface area is 194 Å². The molecule has 10 heteroatoms. The van der Waals surface area contributed by atoms with Crippen molar-refractivity contribution in [2.75, 3.05) is 13.7 Å². The smallest absolute Gasteiger partial charge is 0.198 e. The number of aliphatic hydroxyl groups excluding tert-OH is 2. The molecule has 5 N–H and O–H groups in total. The third-order valence-corrected chi connectivity index (χ3v) is 6.38. The monoisotopic (exact) mass is 472 g/mol. The SMILES string of the molecule is COc1c(O)c2c(c(O)c1C1C[C@@H](O)C[C@@H](CO)O1)C(=O)c1c(cc(O)c(C(C)=O)c1C)C2=O. The predicted molar refractivity (Wildman–Crippen MR) is 116 cm³/mol. The van der Waals surface area contributed by atoms with Gasteiger partial charge in [-0.05, 0) is 25.5 Å². The summed E-state index contributed by atoms with van der Waals surface area (Å²) in [4.78, 5) is 38.9. The molecule has 2 aliphatic rings. The molecule has 1 heterocycles. The fourth-order valence-corrected chi connectivity index (χ4v) is 4.94. The zero-order valence-electron chi connectivity index (χ0n) is 18.7. The maximum atomic E-state index is 13.6. The molecule has 180 valence electrons. The van der Waals surface area contributed by atoms with Crippen LogP contribution < -0.4 is 4.74 Å². The summed E-state index contributed by atoms with van der Waals surface area (Å²) in [6.45, 7) is 2.20. The molecule has 1 unspecified atom stereocenters. The number of hydrogen-bond donors (Lipinski definition) is 5. The standard InChI is InChI=1S/C24H24O10/c1-8-15(9(2)26)13(28)6-12-16(8)21(30)19-18(20(12)29)23(32)24(33-3)17(22(19)31)14-5-10(27)4-11(7-25)34-14/h6,10-11,14,25,27-28,31-32H,4-5,7H2,1-3H3/t10-,11-,14?/m0/s1. The quantitative estimate of drug-likeness (QED) is 0.278. The first kappa shape index (κ1) is 23.7. The summed E-state index contributed by atoms with van der Waals surface area (Å²) in [7, 11) is 1.19. The summed E-state index contributed by atoms with van der Waals surface area (Å²) < 4.78 is 11.0. The Morgan fingerprint density at radius 2 is 1.74 bits per heavy atom. The molecule has 2 aromatic carbocycles. The lowest BCUT2D eigenvalue weighted by Gasteiger charge is -2.34. The molecule has 4 rings (SSSR count). The first-order valence-electron chi connectivity index (χ1n) is 10.6. The Morgan fingerprint density at radius 1 is 1.09 bits per heavy atom. The Bertz CT molecular complexity index is 1250. The van der Waals surface area contributed by atoms with Crippen LogP contribution in [0.4, 0.5) is 0 Å². The molecule has 0 saturated carbocycles. The number of aliphatic hydroxyl groups is 2. The number of hydrogen-bond acceptors (Lipinski definition) is 10. The van der Waals surface area contributed by atoms with Crippen LogP contribution in [0.1, 0.15) is 79.2 Å². The molecule has 1 saturated heterocycles. The van der Waals surface area contributed by atoms with Crippen molar-refractivity contribution in [2.24, 2.45) is 0 Å². The molecule has 34 heavy (non-hydrogen) atoms. The number of carbonyl (C=O) groups is 3. The number of ketones is 3. The van der Waals surface area contributed by atoms with Gasteiger partial charge in [0.1, 0.15) is 11.5 Å². The number of methoxy groups -OCH3 is 1. The Balaban J connectivity index is 2.00. The fourth-order valence-electron chi connectivity index (χ4n) is 4.94. The lowest BCUT2D eigenvalue weighted by Crippen LogP contribution is -2.34. The molecule has 0 amide bonds. The third kappa shape index (κ3) is 3.33. The fraction of sp³-hybridized carbons (Fsp3) is 0.375. The van der Waals surface area contributed by atoms with Gasteiger partial charge < -0.3 is 35.0 Å². The van der Waals surface area contributed by atoms with E-state index in [2.05, 4.69) is 0 Å². The first-order valence-corrected chi connectivity index (χ1v) is 10.6. The lowest BCUT2D eigenvalue weighted by atomic mass is 9.77. The molecular weight excluding hydrogens is 448 g/mol. The van der Waals surface area contributed by atoms with Gasteiger partial charge in [0.25, 0.3) is 0 Å². The Morgan fingerprint density at radius 3 is 2.32 bits per heavy atom. The van der Waals surface area contributed by atoms with Gasteiger partial charge in [0.05, 0.1) is 54.3 Å². The summed E-state index contributed by atoms with van der Waals surface area (Å²) in [5.41, 5.74) is -1.64. The van der Waals surface area contributed by atoms with Gasteiger partial charge in [-0.2, -0.15) is 0 Å². The lowest BCUT2D eigenvalue weighted by molar-refractivity contribution is -0.114. The zero-order valence-corrected chi connectivity index (χ0v) is 18.7. The van der Waals surface area contributed by atoms with Crippen LogP contribution in [0.2, 0.25) is 0 Å². The van der Waals surface area contributed by atoms with Crippen molar-refractivity contribution in [2.45, 2.75) is 45.0 Å². The van der Waals surface area contributed by atoms with E-state index in [-0.39, 0.29) is 46.4 Å². The molecule has 0 spiro atoms. The number of rotatable bonds is 4. The summed E-state index contributed by atoms with van der Waals surface area (Å²) in [6.07, 6.45) is -2.62. The van der Waals surface area contributed by atoms with E-state index in [0.29, 0.717) is 0 Å². The van der Waals surface area contributed by atoms with E-state index < -0.39 is 70.6 Å². The van der Waals surface area contributed by atoms with Gasteiger partial charge >= 0.3 is 0 Å². The van der Waals surface area contributed by atoms with E-state index >= 15 is 0 Å². The predicted octanol–water partition coefficient (Wildman–Crippen LogP) is 1.67. The second kappa shape index (κ2) is 8.39. The summed E-state index contributed by atoms with van der Waals surface area (Å²) in [5.74, 6) is -4.42. The van der Waals surface area contributed by atoms with E-state index in [0.717, 1.165) is 6.07 Å². The minimum atomic E-state index is -1.06. The van der Waals surface area contributed by atoms with Gasteiger partial charge in [-0.3, -0.25) is 14.4 Å². The Hall–Kier alpha value is -3.47. The van der Waals surface area contributed by atoms with Crippen LogP contribution in [0.5, 0.6) is 23.0 Å². The minimum Gasteiger partial charge on any atom is -0.507 e. The highest BCUT2D eigenvalue weighted by molar-refractivity contribution is 6.32. The summed E-state index contributed by atoms with van der Waals surface area (Å²) >= 11 is 0. The highest BCUT2D eigenvalue weighted by Crippen LogP contribution is 2.52. The van der Waals surface area contributed by atoms with Crippen molar-refractivity contribution in [1.82, 2.24) is 0 Å². The number of fused-ring (bicyclic) bond motifs is 2. The van der Waals surface area contributed by atoms with E-state index in [9.17, 15) is 39.9 Å². The van der Waals surface area contributed by atoms with Gasteiger partial charge in [-0.1, -0.05) is 0 Å². The summed E-state index contributed by atoms with van der Waals surface area (Å²) in [6, 6.07) is 0.992. The van der Waals surface area contributed by atoms with Crippen molar-refractivity contribution >= 4 is 17.3 Å². The largest absolute Gasteiger partial charge is 0.507 e. The van der Waals surface area contributed by atoms with Crippen LogP contribution >= 0.6 is 0 Å². The maximum absolute atomic E-state index is 13.6. The van der Waals surface area contributed by atoms with E-state index in [1.54, 1.807) is 0 Å². The van der Waals surface area contributed by atoms with Crippen LogP contribution in [0, 0.1) is 6.92 Å². The number of phenolic OH excluding ortho intramolecular Hbond substituents is 3. The molecule has 0 aromatic heterocycles. The van der Waals surface area contributed by atoms with Crippen LogP contribution in [0.3, 0.4) is 0 Å². The number of phenols is 3. The minimum absolute atomic E-state index is 0.0290. The van der Waals surface area contributed by atoms with Crippen molar-refractivity contribution in [1.29, 1.82) is 0 Å². The van der Waals surface area contributed by atoms with Crippen molar-refractivity contribution in [3.63, 3.8) is 0 Å². The van der Waals surface area contributed by atoms with Crippen molar-refractivity contribution in [3.05, 3.63) is 45.0 Å². The zero-order chi connectivity index (χ0) is 25.1. The molecule has 0 radical (unpaired) electrons. The highest BCUT2D eigenvalue weighted by atomic mass is 16.5. The van der Waals surface area contributed by atoms with Gasteiger partial charge in [-0.25, -0.2) is 0 Å². The highest BCUT2D eigenvalue weighted by Gasteiger charge is 2.43. The molecule has 0 bridgehead atoms. The van der Waals surface area contributed by atoms with Crippen LogP contribution in [-0.4, -0.2) is 68.8 Å². The van der Waals surface area contributed by atoms with Gasteiger partial charge in [0.15, 0.2) is 28.8 Å². The van der Waals surface area contributed by atoms with Crippen LogP contribution in [0.15, 0.2) is 6.07 Å². The second-order valence-electron chi connectivity index (χ2n) is 8.48. The molecule has 2 aromatic rings. The van der Waals surface area contributed by atoms with Gasteiger partial charge in [-0.15, -0.1) is 0 Å². The molecule has 1 fully saturated rings. The first-order chi connectivity index (χ1) is 16.0. The molecule has 3 atom stereocenters. The number of benzene rings is 2. The topological polar surface area (TPSA) is 171 Å². The average molecular weight is 472 g/mol. The second-order valence-corrected chi connectivity index (χ2v) is 8.48. The number of Topliss-reactive ketones (excluding diaryl/α,β-unsaturated/α-hetero) is 1. The van der Waals surface area contributed by atoms with E-state index in [1.807, 2.05) is 0 Å². The molecule has 10 nitrogen and oxygen atoms in total. The van der Waals surface area contributed by atoms with Crippen LogP contribution in [0.25, 0.3) is 0 Å².